The van der Waals surface area contributed by atoms with E-state index in [1.807, 2.05) is 29.1 Å². The number of aromatic nitrogens is 2. The molecule has 1 N–H and O–H groups in total. The molecule has 6 rings (SSSR count). The van der Waals surface area contributed by atoms with Crippen molar-refractivity contribution in [1.29, 1.82) is 10.5 Å². The third-order valence-corrected chi connectivity index (χ3v) is 15.3. The van der Waals surface area contributed by atoms with Gasteiger partial charge in [-0.1, -0.05) is 27.7 Å². The number of fused-ring (bicyclic) bond motifs is 1. The number of carbonyl (C=O) groups is 1. The Morgan fingerprint density at radius 3 is 2.52 bits per heavy atom. The molecule has 259 valence electrons. The number of hydrogen-bond acceptors (Lipinski definition) is 10. The van der Waals surface area contributed by atoms with Gasteiger partial charge < -0.3 is 28.8 Å². The average Bonchev–Trinajstić information content (AvgIpc) is 3.89. The summed E-state index contributed by atoms with van der Waals surface area (Å²) in [4.78, 5) is 23.0. The Bertz CT molecular complexity index is 1840. The molecule has 0 unspecified atom stereocenters. The quantitative estimate of drug-likeness (QED) is 0.153. The SMILES string of the molecule is CC(C)(C)[Si](C)(C)OC[C@@]1(C)CN([B]C=O)c2c(C#N)cc(-c3ccnc(Nc4cc(C#N)c(C5CCOCC5)cc4OCC4CC4)n3)cc21. The number of hydrogen-bond donors (Lipinski definition) is 1. The maximum absolute atomic E-state index is 11.7. The Balaban J connectivity index is 1.35. The predicted molar refractivity (Wildman–Crippen MR) is 198 cm³/mol. The van der Waals surface area contributed by atoms with Crippen LogP contribution in [-0.2, 0) is 19.4 Å². The number of ether oxygens (including phenoxy) is 2. The molecule has 50 heavy (non-hydrogen) atoms. The maximum Gasteiger partial charge on any atom is 0.329 e. The first-order valence-electron chi connectivity index (χ1n) is 17.5. The molecule has 0 spiro atoms. The van der Waals surface area contributed by atoms with Crippen LogP contribution < -0.4 is 14.9 Å². The lowest BCUT2D eigenvalue weighted by Gasteiger charge is -2.39. The standard InChI is InChI=1S/C38H46BN6O4Si/c1-37(2,3)50(5,6)49-23-38(4)22-45(39-24-46)35-29(20-41)15-27(16-31(35)38)32-9-12-42-36(43-32)44-33-17-28(19-40)30(26-10-13-47-14-11-26)18-34(33)48-21-25-7-8-25/h9,12,15-18,24-26H,7-8,10-11,13-14,21-23H2,1-6H3,(H,42,43,44)/t38-/m1/s1. The molecule has 0 bridgehead atoms. The van der Waals surface area contributed by atoms with Crippen molar-refractivity contribution in [3.05, 3.63) is 58.8 Å². The molecular weight excluding hydrogens is 643 g/mol. The molecule has 1 atom stereocenters. The van der Waals surface area contributed by atoms with Crippen LogP contribution >= 0.6 is 0 Å². The highest BCUT2D eigenvalue weighted by atomic mass is 28.4. The summed E-state index contributed by atoms with van der Waals surface area (Å²) in [6.07, 6.45) is 6.50. The molecule has 1 radical (unpaired) electrons. The average molecular weight is 690 g/mol. The number of rotatable bonds is 12. The van der Waals surface area contributed by atoms with Crippen LogP contribution in [0.2, 0.25) is 18.1 Å². The third-order valence-electron chi connectivity index (χ3n) is 10.8. The number of nitrogens with zero attached hydrogens (tertiary/aromatic N) is 5. The number of carbonyl (C=O) groups excluding carboxylic acids is 1. The van der Waals surface area contributed by atoms with Crippen LogP contribution in [0.4, 0.5) is 17.3 Å². The normalized spacial score (nSPS) is 19.3. The molecule has 10 nitrogen and oxygen atoms in total. The van der Waals surface area contributed by atoms with Gasteiger partial charge in [0.1, 0.15) is 18.0 Å². The fourth-order valence-corrected chi connectivity index (χ4v) is 7.62. The lowest BCUT2D eigenvalue weighted by atomic mass is 9.83. The van der Waals surface area contributed by atoms with E-state index >= 15 is 0 Å². The first kappa shape index (κ1) is 35.6. The molecule has 1 saturated heterocycles. The summed E-state index contributed by atoms with van der Waals surface area (Å²) in [5, 5.41) is 23.9. The minimum absolute atomic E-state index is 0.0331. The van der Waals surface area contributed by atoms with Gasteiger partial charge in [-0.05, 0) is 97.1 Å². The van der Waals surface area contributed by atoms with Crippen LogP contribution in [0, 0.1) is 28.6 Å². The third kappa shape index (κ3) is 7.44. The van der Waals surface area contributed by atoms with Crippen molar-refractivity contribution in [1.82, 2.24) is 9.97 Å². The molecule has 12 heteroatoms. The molecule has 1 aliphatic carbocycles. The van der Waals surface area contributed by atoms with E-state index < -0.39 is 13.7 Å². The van der Waals surface area contributed by atoms with Crippen molar-refractivity contribution in [2.24, 2.45) is 5.92 Å². The van der Waals surface area contributed by atoms with Gasteiger partial charge in [-0.15, -0.1) is 0 Å². The van der Waals surface area contributed by atoms with Gasteiger partial charge in [0.05, 0.1) is 35.2 Å². The molecule has 2 fully saturated rings. The summed E-state index contributed by atoms with van der Waals surface area (Å²) in [7, 11) is -0.592. The van der Waals surface area contributed by atoms with Crippen molar-refractivity contribution in [3.63, 3.8) is 0 Å². The van der Waals surface area contributed by atoms with Crippen LogP contribution in [0.25, 0.3) is 11.3 Å². The van der Waals surface area contributed by atoms with Crippen LogP contribution in [0.3, 0.4) is 0 Å². The Morgan fingerprint density at radius 2 is 1.86 bits per heavy atom. The monoisotopic (exact) mass is 689 g/mol. The van der Waals surface area contributed by atoms with Crippen LogP contribution in [-0.4, -0.2) is 64.9 Å². The lowest BCUT2D eigenvalue weighted by Crippen LogP contribution is -2.46. The van der Waals surface area contributed by atoms with E-state index in [0.29, 0.717) is 73.1 Å². The van der Waals surface area contributed by atoms with Gasteiger partial charge >= 0.3 is 7.41 Å². The summed E-state index contributed by atoms with van der Waals surface area (Å²) in [6, 6.07) is 14.3. The summed E-state index contributed by atoms with van der Waals surface area (Å²) < 4.78 is 18.7. The van der Waals surface area contributed by atoms with E-state index in [-0.39, 0.29) is 11.0 Å². The van der Waals surface area contributed by atoms with Crippen LogP contribution in [0.15, 0.2) is 36.5 Å². The Labute approximate surface area is 297 Å². The van der Waals surface area contributed by atoms with Gasteiger partial charge in [0.25, 0.3) is 0 Å². The van der Waals surface area contributed by atoms with Gasteiger partial charge in [-0.3, -0.25) is 0 Å². The second-order valence-corrected chi connectivity index (χ2v) is 20.4. The van der Waals surface area contributed by atoms with Crippen molar-refractivity contribution in [2.75, 3.05) is 43.1 Å². The van der Waals surface area contributed by atoms with Gasteiger partial charge in [0.2, 0.25) is 5.95 Å². The van der Waals surface area contributed by atoms with E-state index in [0.717, 1.165) is 54.2 Å². The summed E-state index contributed by atoms with van der Waals surface area (Å²) in [5.74, 6) is 1.82. The highest BCUT2D eigenvalue weighted by molar-refractivity contribution is 6.74. The number of nitriles is 2. The predicted octanol–water partition coefficient (Wildman–Crippen LogP) is 7.22. The van der Waals surface area contributed by atoms with Crippen molar-refractivity contribution in [3.8, 4) is 29.1 Å². The Kier molecular flexibility index (Phi) is 10.1. The van der Waals surface area contributed by atoms with Crippen molar-refractivity contribution >= 4 is 39.2 Å². The molecule has 1 saturated carbocycles. The van der Waals surface area contributed by atoms with Gasteiger partial charge in [-0.25, -0.2) is 9.97 Å². The maximum atomic E-state index is 11.7. The highest BCUT2D eigenvalue weighted by Gasteiger charge is 2.44. The van der Waals surface area contributed by atoms with Gasteiger partial charge in [0, 0.05) is 49.2 Å². The molecule has 2 aliphatic heterocycles. The van der Waals surface area contributed by atoms with Crippen LogP contribution in [0.5, 0.6) is 5.75 Å². The Morgan fingerprint density at radius 1 is 1.12 bits per heavy atom. The molecule has 3 heterocycles. The molecule has 1 aromatic heterocycles. The zero-order valence-electron chi connectivity index (χ0n) is 30.0. The highest BCUT2D eigenvalue weighted by Crippen LogP contribution is 2.46. The summed E-state index contributed by atoms with van der Waals surface area (Å²) in [5.41, 5.74) is 5.26. The van der Waals surface area contributed by atoms with E-state index in [1.54, 1.807) is 6.20 Å². The topological polar surface area (TPSA) is 133 Å². The minimum atomic E-state index is -2.09. The molecule has 2 aromatic carbocycles. The van der Waals surface area contributed by atoms with E-state index in [1.165, 1.54) is 7.41 Å². The second-order valence-electron chi connectivity index (χ2n) is 15.6. The van der Waals surface area contributed by atoms with E-state index in [4.69, 9.17) is 18.9 Å². The zero-order chi connectivity index (χ0) is 35.7. The van der Waals surface area contributed by atoms with Gasteiger partial charge in [0.15, 0.2) is 8.32 Å². The molecule has 3 aliphatic rings. The fourth-order valence-electron chi connectivity index (χ4n) is 6.51. The lowest BCUT2D eigenvalue weighted by molar-refractivity contribution is 0.0852. The second kappa shape index (κ2) is 14.2. The van der Waals surface area contributed by atoms with E-state index in [9.17, 15) is 15.3 Å². The minimum Gasteiger partial charge on any atom is -0.491 e. The zero-order valence-corrected chi connectivity index (χ0v) is 31.0. The first-order valence-corrected chi connectivity index (χ1v) is 20.4. The van der Waals surface area contributed by atoms with E-state index in [2.05, 4.69) is 69.3 Å². The summed E-state index contributed by atoms with van der Waals surface area (Å²) in [6.45, 7) is 16.2. The molecule has 0 amide bonds. The van der Waals surface area contributed by atoms with Crippen molar-refractivity contribution in [2.45, 2.75) is 82.8 Å². The number of anilines is 3. The smallest absolute Gasteiger partial charge is 0.329 e. The fraction of sp³-hybridized carbons (Fsp3) is 0.500. The molecule has 3 aromatic rings. The van der Waals surface area contributed by atoms with Gasteiger partial charge in [-0.2, -0.15) is 10.5 Å². The molecular formula is C38H46BN6O4Si. The largest absolute Gasteiger partial charge is 0.491 e. The van der Waals surface area contributed by atoms with Crippen LogP contribution in [0.1, 0.15) is 81.5 Å². The number of nitrogens with one attached hydrogen (secondary N) is 1. The van der Waals surface area contributed by atoms with Crippen molar-refractivity contribution < 1.29 is 18.7 Å². The number of benzene rings is 2. The summed E-state index contributed by atoms with van der Waals surface area (Å²) >= 11 is 0. The first-order chi connectivity index (χ1) is 23.9. The Hall–Kier alpha value is -4.23.